The third kappa shape index (κ3) is 6.54. The highest BCUT2D eigenvalue weighted by atomic mass is 19.1. The maximum absolute atomic E-state index is 14.5. The summed E-state index contributed by atoms with van der Waals surface area (Å²) < 4.78 is 20.8. The second kappa shape index (κ2) is 13.0. The van der Waals surface area contributed by atoms with Gasteiger partial charge in [-0.25, -0.2) is 9.37 Å². The zero-order valence-corrected chi connectivity index (χ0v) is 24.6. The molecule has 2 amide bonds. The van der Waals surface area contributed by atoms with Crippen LogP contribution in [-0.2, 0) is 0 Å². The van der Waals surface area contributed by atoms with Crippen LogP contribution in [0, 0.1) is 11.7 Å². The Morgan fingerprint density at radius 1 is 0.833 bits per heavy atom. The van der Waals surface area contributed by atoms with Gasteiger partial charge in [0.1, 0.15) is 11.9 Å². The Labute approximate surface area is 247 Å². The molecule has 1 aliphatic carbocycles. The number of nitrogens with zero attached hydrogens (tertiary/aromatic N) is 4. The summed E-state index contributed by atoms with van der Waals surface area (Å²) in [7, 11) is 0. The van der Waals surface area contributed by atoms with Gasteiger partial charge in [0.05, 0.1) is 5.56 Å². The van der Waals surface area contributed by atoms with Gasteiger partial charge < -0.3 is 30.1 Å². The van der Waals surface area contributed by atoms with Crippen molar-refractivity contribution in [3.8, 4) is 5.88 Å². The van der Waals surface area contributed by atoms with Crippen LogP contribution in [0.1, 0.15) is 71.2 Å². The molecule has 4 heterocycles. The van der Waals surface area contributed by atoms with Gasteiger partial charge in [-0.2, -0.15) is 0 Å². The highest BCUT2D eigenvalue weighted by Crippen LogP contribution is 2.39. The number of nitrogens with one attached hydrogen (secondary N) is 2. The Balaban J connectivity index is 1.12. The van der Waals surface area contributed by atoms with Crippen molar-refractivity contribution in [2.24, 2.45) is 5.92 Å². The zero-order chi connectivity index (χ0) is 29.1. The monoisotopic (exact) mass is 578 g/mol. The Bertz CT molecular complexity index is 1260. The van der Waals surface area contributed by atoms with Crippen LogP contribution < -0.4 is 20.3 Å². The minimum absolute atomic E-state index is 0.0686. The molecule has 3 saturated heterocycles. The number of aromatic nitrogens is 1. The van der Waals surface area contributed by atoms with E-state index in [0.717, 1.165) is 75.7 Å². The van der Waals surface area contributed by atoms with E-state index < -0.39 is 5.82 Å². The van der Waals surface area contributed by atoms with E-state index >= 15 is 0 Å². The molecule has 0 spiro atoms. The predicted octanol–water partition coefficient (Wildman–Crippen LogP) is 3.26. The second-order valence-corrected chi connectivity index (χ2v) is 12.3. The van der Waals surface area contributed by atoms with Crippen LogP contribution in [-0.4, -0.2) is 98.1 Å². The van der Waals surface area contributed by atoms with Gasteiger partial charge in [-0.15, -0.1) is 0 Å². The Morgan fingerprint density at radius 3 is 2.19 bits per heavy atom. The lowest BCUT2D eigenvalue weighted by Gasteiger charge is -2.35. The van der Waals surface area contributed by atoms with Crippen LogP contribution in [0.3, 0.4) is 0 Å². The van der Waals surface area contributed by atoms with E-state index in [1.54, 1.807) is 22.1 Å². The molecule has 0 radical (unpaired) electrons. The molecule has 42 heavy (non-hydrogen) atoms. The van der Waals surface area contributed by atoms with E-state index in [4.69, 9.17) is 4.74 Å². The van der Waals surface area contributed by atoms with E-state index in [9.17, 15) is 14.0 Å². The largest absolute Gasteiger partial charge is 0.473 e. The van der Waals surface area contributed by atoms with Gasteiger partial charge in [0.25, 0.3) is 11.8 Å². The van der Waals surface area contributed by atoms with Gasteiger partial charge in [0, 0.05) is 81.9 Å². The molecule has 0 bridgehead atoms. The minimum atomic E-state index is -0.407. The fourth-order valence-electron chi connectivity index (χ4n) is 6.72. The fraction of sp³-hybridized carbons (Fsp3) is 0.594. The summed E-state index contributed by atoms with van der Waals surface area (Å²) in [5.74, 6) is 1.07. The summed E-state index contributed by atoms with van der Waals surface area (Å²) in [5.41, 5.74) is 2.72. The molecule has 1 aromatic heterocycles. The summed E-state index contributed by atoms with van der Waals surface area (Å²) in [6.07, 6.45) is 7.22. The molecule has 9 nitrogen and oxygen atoms in total. The molecule has 0 unspecified atom stereocenters. The van der Waals surface area contributed by atoms with E-state index in [1.165, 1.54) is 25.0 Å². The van der Waals surface area contributed by atoms with Gasteiger partial charge in [-0.05, 0) is 61.9 Å². The fourth-order valence-corrected chi connectivity index (χ4v) is 6.72. The van der Waals surface area contributed by atoms with Crippen molar-refractivity contribution < 1.29 is 18.7 Å². The highest BCUT2D eigenvalue weighted by molar-refractivity contribution is 5.96. The van der Waals surface area contributed by atoms with Gasteiger partial charge in [-0.3, -0.25) is 9.59 Å². The molecule has 226 valence electrons. The minimum Gasteiger partial charge on any atom is -0.473 e. The smallest absolute Gasteiger partial charge is 0.255 e. The van der Waals surface area contributed by atoms with E-state index in [2.05, 4.69) is 27.4 Å². The number of piperazine rings is 2. The molecule has 1 saturated carbocycles. The predicted molar refractivity (Wildman–Crippen MR) is 160 cm³/mol. The second-order valence-electron chi connectivity index (χ2n) is 12.3. The molecule has 6 rings (SSSR count). The Morgan fingerprint density at radius 2 is 1.52 bits per heavy atom. The highest BCUT2D eigenvalue weighted by Gasteiger charge is 2.30. The van der Waals surface area contributed by atoms with Crippen LogP contribution in [0.2, 0.25) is 0 Å². The van der Waals surface area contributed by atoms with Crippen LogP contribution in [0.4, 0.5) is 10.1 Å². The molecule has 2 aromatic rings. The number of rotatable bonds is 6. The van der Waals surface area contributed by atoms with Crippen molar-refractivity contribution in [1.29, 1.82) is 0 Å². The molecule has 2 N–H and O–H groups in total. The van der Waals surface area contributed by atoms with Crippen molar-refractivity contribution >= 4 is 17.5 Å². The third-order valence-electron chi connectivity index (χ3n) is 9.34. The lowest BCUT2D eigenvalue weighted by atomic mass is 9.79. The van der Waals surface area contributed by atoms with E-state index in [-0.39, 0.29) is 17.9 Å². The van der Waals surface area contributed by atoms with E-state index in [1.807, 2.05) is 6.07 Å². The normalized spacial score (nSPS) is 25.0. The number of carbonyl (C=O) groups excluding carboxylic acids is 2. The topological polar surface area (TPSA) is 90.0 Å². The van der Waals surface area contributed by atoms with E-state index in [0.29, 0.717) is 49.1 Å². The van der Waals surface area contributed by atoms with Gasteiger partial charge in [0.2, 0.25) is 5.88 Å². The van der Waals surface area contributed by atoms with Crippen molar-refractivity contribution in [3.05, 3.63) is 53.0 Å². The van der Waals surface area contributed by atoms with Crippen molar-refractivity contribution in [2.75, 3.05) is 70.3 Å². The molecule has 10 heteroatoms. The number of pyridine rings is 1. The van der Waals surface area contributed by atoms with Crippen LogP contribution in [0.25, 0.3) is 0 Å². The number of ether oxygens (including phenoxy) is 1. The van der Waals surface area contributed by atoms with Crippen LogP contribution >= 0.6 is 0 Å². The number of anilines is 1. The first kappa shape index (κ1) is 28.9. The Kier molecular flexibility index (Phi) is 8.90. The number of hydrogen-bond acceptors (Lipinski definition) is 7. The molecule has 4 aliphatic rings. The number of hydrogen-bond donors (Lipinski definition) is 2. The zero-order valence-electron chi connectivity index (χ0n) is 24.6. The first-order valence-electron chi connectivity index (χ1n) is 15.7. The summed E-state index contributed by atoms with van der Waals surface area (Å²) >= 11 is 0. The Hall–Kier alpha value is -3.24. The van der Waals surface area contributed by atoms with Gasteiger partial charge in [-0.1, -0.05) is 19.8 Å². The van der Waals surface area contributed by atoms with Crippen molar-refractivity contribution in [2.45, 2.75) is 51.0 Å². The SMILES string of the molecule is CC1CCC(c2cc(C(=O)N3CCN(C(=O)c4cc(F)cc(N5CCNCC5)c4)CC3)cnc2O[C@H]2CCNC2)CC1. The summed E-state index contributed by atoms with van der Waals surface area (Å²) in [6, 6.07) is 6.61. The first-order valence-corrected chi connectivity index (χ1v) is 15.7. The van der Waals surface area contributed by atoms with Gasteiger partial charge >= 0.3 is 0 Å². The van der Waals surface area contributed by atoms with Crippen LogP contribution in [0.5, 0.6) is 5.88 Å². The average Bonchev–Trinajstić information content (AvgIpc) is 3.54. The number of halogens is 1. The number of carbonyl (C=O) groups is 2. The summed E-state index contributed by atoms with van der Waals surface area (Å²) in [4.78, 5) is 37.3. The van der Waals surface area contributed by atoms with Crippen LogP contribution in [0.15, 0.2) is 30.5 Å². The third-order valence-corrected chi connectivity index (χ3v) is 9.34. The first-order chi connectivity index (χ1) is 20.4. The molecular formula is C32H43FN6O3. The van der Waals surface area contributed by atoms with Gasteiger partial charge in [0.15, 0.2) is 0 Å². The molecule has 4 fully saturated rings. The standard InChI is InChI=1S/C32H43FN6O3/c1-22-2-4-23(5-3-22)29-18-25(20-36-30(29)42-28-6-7-35-21-28)32(41)39-14-12-38(13-15-39)31(40)24-16-26(33)19-27(17-24)37-10-8-34-9-11-37/h16-20,22-23,28,34-35H,2-15,21H2,1H3/t22?,23?,28-/m0/s1. The lowest BCUT2D eigenvalue weighted by molar-refractivity contribution is 0.0535. The summed E-state index contributed by atoms with van der Waals surface area (Å²) in [6.45, 7) is 8.95. The molecule has 1 aromatic carbocycles. The van der Waals surface area contributed by atoms with Crippen molar-refractivity contribution in [1.82, 2.24) is 25.4 Å². The average molecular weight is 579 g/mol. The number of amides is 2. The molecule has 1 atom stereocenters. The quantitative estimate of drug-likeness (QED) is 0.544. The molecular weight excluding hydrogens is 535 g/mol. The maximum atomic E-state index is 14.5. The number of benzene rings is 1. The van der Waals surface area contributed by atoms with Crippen molar-refractivity contribution in [3.63, 3.8) is 0 Å². The maximum Gasteiger partial charge on any atom is 0.255 e. The molecule has 3 aliphatic heterocycles. The lowest BCUT2D eigenvalue weighted by Crippen LogP contribution is -2.50. The summed E-state index contributed by atoms with van der Waals surface area (Å²) in [5, 5.41) is 6.64.